The Balaban J connectivity index is 3.07. The largest absolute Gasteiger partial charge is 0.493 e. The normalized spacial score (nSPS) is 13.1. The first-order valence-electron chi connectivity index (χ1n) is 6.80. The average Bonchev–Trinajstić information content (AvgIpc) is 2.50. The van der Waals surface area contributed by atoms with Crippen molar-refractivity contribution in [2.24, 2.45) is 5.92 Å². The number of carboxylic acids is 1. The van der Waals surface area contributed by atoms with Crippen LogP contribution in [-0.4, -0.2) is 37.2 Å². The summed E-state index contributed by atoms with van der Waals surface area (Å²) in [6.07, 6.45) is 0.646. The van der Waals surface area contributed by atoms with Crippen molar-refractivity contribution < 1.29 is 24.2 Å². The molecule has 0 saturated heterocycles. The molecule has 1 rings (SSSR count). The van der Waals surface area contributed by atoms with Gasteiger partial charge in [0.1, 0.15) is 6.04 Å². The Morgan fingerprint density at radius 3 is 2.41 bits per heavy atom. The maximum Gasteiger partial charge on any atom is 0.326 e. The predicted octanol–water partition coefficient (Wildman–Crippen LogP) is 2.70. The molecule has 1 aromatic rings. The van der Waals surface area contributed by atoms with E-state index in [0.29, 0.717) is 28.0 Å². The van der Waals surface area contributed by atoms with Crippen LogP contribution in [-0.2, 0) is 4.79 Å². The molecule has 0 aliphatic rings. The fraction of sp³-hybridized carbons (Fsp3) is 0.467. The molecule has 0 bridgehead atoms. The summed E-state index contributed by atoms with van der Waals surface area (Å²) < 4.78 is 10.9. The van der Waals surface area contributed by atoms with Gasteiger partial charge in [0.2, 0.25) is 0 Å². The van der Waals surface area contributed by atoms with E-state index in [2.05, 4.69) is 21.2 Å². The average molecular weight is 374 g/mol. The van der Waals surface area contributed by atoms with Crippen molar-refractivity contribution in [3.05, 3.63) is 22.2 Å². The standard InChI is InChI=1S/C15H20BrNO5/c1-5-8(2)12(15(19)20)17-14(18)9-6-10(16)13(22-4)11(7-9)21-3/h6-8,12H,5H2,1-4H3,(H,17,18)(H,19,20)/t8-,12-/m0/s1. The van der Waals surface area contributed by atoms with Crippen LogP contribution >= 0.6 is 15.9 Å². The molecular weight excluding hydrogens is 354 g/mol. The summed E-state index contributed by atoms with van der Waals surface area (Å²) in [6.45, 7) is 3.66. The van der Waals surface area contributed by atoms with Gasteiger partial charge in [-0.05, 0) is 34.0 Å². The van der Waals surface area contributed by atoms with E-state index in [1.165, 1.54) is 20.3 Å². The zero-order chi connectivity index (χ0) is 16.9. The van der Waals surface area contributed by atoms with Crippen molar-refractivity contribution in [1.29, 1.82) is 0 Å². The molecule has 0 heterocycles. The van der Waals surface area contributed by atoms with Crippen LogP contribution in [0.1, 0.15) is 30.6 Å². The molecule has 22 heavy (non-hydrogen) atoms. The van der Waals surface area contributed by atoms with Gasteiger partial charge in [0.15, 0.2) is 11.5 Å². The lowest BCUT2D eigenvalue weighted by atomic mass is 9.99. The highest BCUT2D eigenvalue weighted by Crippen LogP contribution is 2.36. The molecular formula is C15H20BrNO5. The van der Waals surface area contributed by atoms with E-state index in [-0.39, 0.29) is 5.92 Å². The van der Waals surface area contributed by atoms with Crippen LogP contribution in [0.4, 0.5) is 0 Å². The number of carboxylic acid groups (broad SMARTS) is 1. The molecule has 0 aliphatic carbocycles. The summed E-state index contributed by atoms with van der Waals surface area (Å²) in [6, 6.07) is 2.13. The number of benzene rings is 1. The number of hydrogen-bond acceptors (Lipinski definition) is 4. The molecule has 0 saturated carbocycles. The summed E-state index contributed by atoms with van der Waals surface area (Å²) in [5, 5.41) is 11.8. The van der Waals surface area contributed by atoms with Crippen LogP contribution in [0.5, 0.6) is 11.5 Å². The van der Waals surface area contributed by atoms with Gasteiger partial charge in [-0.3, -0.25) is 4.79 Å². The van der Waals surface area contributed by atoms with E-state index in [0.717, 1.165) is 0 Å². The Labute approximate surface area is 137 Å². The smallest absolute Gasteiger partial charge is 0.326 e. The molecule has 0 spiro atoms. The first kappa shape index (κ1) is 18.3. The van der Waals surface area contributed by atoms with Gasteiger partial charge in [0, 0.05) is 5.56 Å². The molecule has 0 aromatic heterocycles. The summed E-state index contributed by atoms with van der Waals surface area (Å²) in [5.74, 6) is -0.852. The number of carbonyl (C=O) groups is 2. The SMILES string of the molecule is CC[C@H](C)[C@H](NC(=O)c1cc(Br)c(OC)c(OC)c1)C(=O)O. The topological polar surface area (TPSA) is 84.9 Å². The number of hydrogen-bond donors (Lipinski definition) is 2. The van der Waals surface area contributed by atoms with Crippen LogP contribution in [0.25, 0.3) is 0 Å². The third kappa shape index (κ3) is 4.13. The number of rotatable bonds is 7. The van der Waals surface area contributed by atoms with Crippen LogP contribution in [0.2, 0.25) is 0 Å². The van der Waals surface area contributed by atoms with Gasteiger partial charge in [-0.2, -0.15) is 0 Å². The molecule has 0 fully saturated rings. The highest BCUT2D eigenvalue weighted by atomic mass is 79.9. The second-order valence-electron chi connectivity index (χ2n) is 4.87. The minimum atomic E-state index is -1.05. The van der Waals surface area contributed by atoms with Gasteiger partial charge in [0.05, 0.1) is 18.7 Å². The summed E-state index contributed by atoms with van der Waals surface area (Å²) >= 11 is 3.30. The van der Waals surface area contributed by atoms with Gasteiger partial charge in [0.25, 0.3) is 5.91 Å². The van der Waals surface area contributed by atoms with Crippen molar-refractivity contribution in [2.45, 2.75) is 26.3 Å². The van der Waals surface area contributed by atoms with E-state index >= 15 is 0 Å². The fourth-order valence-electron chi connectivity index (χ4n) is 1.96. The molecule has 122 valence electrons. The molecule has 7 heteroatoms. The van der Waals surface area contributed by atoms with Gasteiger partial charge >= 0.3 is 5.97 Å². The second-order valence-corrected chi connectivity index (χ2v) is 5.72. The zero-order valence-electron chi connectivity index (χ0n) is 13.0. The Morgan fingerprint density at radius 2 is 1.95 bits per heavy atom. The fourth-order valence-corrected chi connectivity index (χ4v) is 2.56. The van der Waals surface area contributed by atoms with E-state index in [1.807, 2.05) is 6.92 Å². The van der Waals surface area contributed by atoms with Crippen LogP contribution in [0.3, 0.4) is 0 Å². The molecule has 2 N–H and O–H groups in total. The lowest BCUT2D eigenvalue weighted by Crippen LogP contribution is -2.45. The number of ether oxygens (including phenoxy) is 2. The van der Waals surface area contributed by atoms with Gasteiger partial charge < -0.3 is 19.9 Å². The Bertz CT molecular complexity index is 561. The lowest BCUT2D eigenvalue weighted by molar-refractivity contribution is -0.140. The summed E-state index contributed by atoms with van der Waals surface area (Å²) in [7, 11) is 2.96. The minimum absolute atomic E-state index is 0.176. The summed E-state index contributed by atoms with van der Waals surface area (Å²) in [5.41, 5.74) is 0.291. The Kier molecular flexibility index (Phi) is 6.67. The molecule has 0 radical (unpaired) electrons. The first-order chi connectivity index (χ1) is 10.3. The third-order valence-electron chi connectivity index (χ3n) is 3.46. The minimum Gasteiger partial charge on any atom is -0.493 e. The highest BCUT2D eigenvalue weighted by Gasteiger charge is 2.26. The Hall–Kier alpha value is -1.76. The molecule has 1 aromatic carbocycles. The zero-order valence-corrected chi connectivity index (χ0v) is 14.6. The van der Waals surface area contributed by atoms with Crippen LogP contribution < -0.4 is 14.8 Å². The molecule has 1 amide bonds. The quantitative estimate of drug-likeness (QED) is 0.767. The Morgan fingerprint density at radius 1 is 1.32 bits per heavy atom. The van der Waals surface area contributed by atoms with Crippen molar-refractivity contribution in [3.8, 4) is 11.5 Å². The van der Waals surface area contributed by atoms with E-state index in [1.54, 1.807) is 13.0 Å². The predicted molar refractivity (Wildman–Crippen MR) is 85.6 cm³/mol. The number of carbonyl (C=O) groups excluding carboxylic acids is 1. The maximum absolute atomic E-state index is 12.3. The van der Waals surface area contributed by atoms with Crippen molar-refractivity contribution in [2.75, 3.05) is 14.2 Å². The lowest BCUT2D eigenvalue weighted by Gasteiger charge is -2.20. The van der Waals surface area contributed by atoms with Crippen LogP contribution in [0, 0.1) is 5.92 Å². The number of amides is 1. The maximum atomic E-state index is 12.3. The van der Waals surface area contributed by atoms with Gasteiger partial charge in [-0.1, -0.05) is 20.3 Å². The molecule has 6 nitrogen and oxygen atoms in total. The number of nitrogens with one attached hydrogen (secondary N) is 1. The van der Waals surface area contributed by atoms with Gasteiger partial charge in [-0.25, -0.2) is 4.79 Å². The van der Waals surface area contributed by atoms with Crippen molar-refractivity contribution in [3.63, 3.8) is 0 Å². The second kappa shape index (κ2) is 8.03. The van der Waals surface area contributed by atoms with E-state index in [4.69, 9.17) is 9.47 Å². The number of aliphatic carboxylic acids is 1. The van der Waals surface area contributed by atoms with E-state index in [9.17, 15) is 14.7 Å². The highest BCUT2D eigenvalue weighted by molar-refractivity contribution is 9.10. The summed E-state index contributed by atoms with van der Waals surface area (Å²) in [4.78, 5) is 23.6. The number of halogens is 1. The molecule has 0 unspecified atom stereocenters. The molecule has 0 aliphatic heterocycles. The third-order valence-corrected chi connectivity index (χ3v) is 4.05. The molecule has 2 atom stereocenters. The number of methoxy groups -OCH3 is 2. The van der Waals surface area contributed by atoms with E-state index < -0.39 is 17.9 Å². The van der Waals surface area contributed by atoms with Crippen molar-refractivity contribution >= 4 is 27.8 Å². The van der Waals surface area contributed by atoms with Crippen molar-refractivity contribution in [1.82, 2.24) is 5.32 Å². The van der Waals surface area contributed by atoms with Crippen LogP contribution in [0.15, 0.2) is 16.6 Å². The monoisotopic (exact) mass is 373 g/mol. The first-order valence-corrected chi connectivity index (χ1v) is 7.60. The van der Waals surface area contributed by atoms with Gasteiger partial charge in [-0.15, -0.1) is 0 Å².